The Hall–Kier alpha value is -2.13. The van der Waals surface area contributed by atoms with Gasteiger partial charge in [-0.2, -0.15) is 0 Å². The van der Waals surface area contributed by atoms with Crippen molar-refractivity contribution in [2.24, 2.45) is 5.73 Å². The minimum Gasteiger partial charge on any atom is -0.326 e. The second-order valence-electron chi connectivity index (χ2n) is 5.74. The summed E-state index contributed by atoms with van der Waals surface area (Å²) >= 11 is 0. The van der Waals surface area contributed by atoms with Crippen LogP contribution >= 0.6 is 0 Å². The van der Waals surface area contributed by atoms with Crippen LogP contribution in [0.2, 0.25) is 0 Å². The van der Waals surface area contributed by atoms with Crippen molar-refractivity contribution in [3.8, 4) is 0 Å². The molecule has 3 aromatic rings. The lowest BCUT2D eigenvalue weighted by Gasteiger charge is -2.25. The van der Waals surface area contributed by atoms with Crippen molar-refractivity contribution >= 4 is 11.0 Å². The van der Waals surface area contributed by atoms with Crippen LogP contribution in [0.3, 0.4) is 0 Å². The number of aromatic nitrogens is 2. The van der Waals surface area contributed by atoms with E-state index < -0.39 is 0 Å². The fraction of sp³-hybridized carbons (Fsp3) is 0.278. The lowest BCUT2D eigenvalue weighted by molar-refractivity contribution is 0.497. The highest BCUT2D eigenvalue weighted by molar-refractivity contribution is 5.76. The van der Waals surface area contributed by atoms with Crippen molar-refractivity contribution in [1.82, 2.24) is 9.55 Å². The van der Waals surface area contributed by atoms with E-state index in [4.69, 9.17) is 5.73 Å². The summed E-state index contributed by atoms with van der Waals surface area (Å²) in [5.41, 5.74) is 11.0. The third kappa shape index (κ3) is 2.45. The van der Waals surface area contributed by atoms with Gasteiger partial charge in [-0.25, -0.2) is 4.98 Å². The second kappa shape index (κ2) is 5.34. The summed E-state index contributed by atoms with van der Waals surface area (Å²) in [5, 5.41) is 0. The van der Waals surface area contributed by atoms with E-state index in [1.54, 1.807) is 0 Å². The third-order valence-electron chi connectivity index (χ3n) is 3.93. The first-order valence-corrected chi connectivity index (χ1v) is 7.33. The molecule has 3 nitrogen and oxygen atoms in total. The number of nitrogens with two attached hydrogens (primary N) is 1. The zero-order valence-corrected chi connectivity index (χ0v) is 12.7. The Morgan fingerprint density at radius 3 is 2.52 bits per heavy atom. The average molecular weight is 279 g/mol. The predicted octanol–water partition coefficient (Wildman–Crippen LogP) is 3.59. The number of para-hydroxylation sites is 2. The van der Waals surface area contributed by atoms with Crippen LogP contribution in [0.25, 0.3) is 11.0 Å². The fourth-order valence-corrected chi connectivity index (χ4v) is 3.06. The molecule has 0 fully saturated rings. The molecule has 21 heavy (non-hydrogen) atoms. The van der Waals surface area contributed by atoms with Gasteiger partial charge in [0.15, 0.2) is 0 Å². The van der Waals surface area contributed by atoms with E-state index in [0.717, 1.165) is 16.9 Å². The van der Waals surface area contributed by atoms with Gasteiger partial charge >= 0.3 is 0 Å². The van der Waals surface area contributed by atoms with Gasteiger partial charge in [0, 0.05) is 6.04 Å². The molecule has 2 aromatic carbocycles. The van der Waals surface area contributed by atoms with Gasteiger partial charge in [-0.3, -0.25) is 0 Å². The Bertz CT molecular complexity index is 771. The normalized spacial score (nSPS) is 14.3. The van der Waals surface area contributed by atoms with E-state index >= 15 is 0 Å². The molecule has 0 aliphatic heterocycles. The fourth-order valence-electron chi connectivity index (χ4n) is 3.06. The number of nitrogens with zero attached hydrogens (tertiary/aromatic N) is 2. The van der Waals surface area contributed by atoms with Gasteiger partial charge in [0.1, 0.15) is 5.82 Å². The van der Waals surface area contributed by atoms with Crippen molar-refractivity contribution in [3.05, 3.63) is 65.5 Å². The number of rotatable bonds is 3. The van der Waals surface area contributed by atoms with Gasteiger partial charge in [-0.15, -0.1) is 0 Å². The number of hydrogen-bond donors (Lipinski definition) is 1. The summed E-state index contributed by atoms with van der Waals surface area (Å²) in [5.74, 6) is 1.00. The van der Waals surface area contributed by atoms with Crippen molar-refractivity contribution in [2.75, 3.05) is 0 Å². The molecule has 108 valence electrons. The molecule has 0 spiro atoms. The maximum atomic E-state index is 6.32. The Labute approximate surface area is 125 Å². The highest BCUT2D eigenvalue weighted by atomic mass is 15.1. The van der Waals surface area contributed by atoms with Crippen LogP contribution in [-0.2, 0) is 0 Å². The summed E-state index contributed by atoms with van der Waals surface area (Å²) in [4.78, 5) is 4.67. The van der Waals surface area contributed by atoms with Crippen LogP contribution in [0, 0.1) is 13.8 Å². The van der Waals surface area contributed by atoms with Crippen molar-refractivity contribution in [2.45, 2.75) is 32.9 Å². The molecule has 2 unspecified atom stereocenters. The summed E-state index contributed by atoms with van der Waals surface area (Å²) in [6, 6.07) is 16.9. The standard InChI is InChI=1S/C18H21N3/c1-12-7-6-8-15(11-12)18(13(2)19)21-14(3)20-16-9-4-5-10-17(16)21/h4-11,13,18H,19H2,1-3H3. The first kappa shape index (κ1) is 13.8. The van der Waals surface area contributed by atoms with E-state index in [9.17, 15) is 0 Å². The predicted molar refractivity (Wildman–Crippen MR) is 87.4 cm³/mol. The van der Waals surface area contributed by atoms with E-state index in [1.807, 2.05) is 19.1 Å². The maximum absolute atomic E-state index is 6.32. The zero-order valence-electron chi connectivity index (χ0n) is 12.7. The van der Waals surface area contributed by atoms with Crippen LogP contribution in [0.4, 0.5) is 0 Å². The molecule has 0 saturated carbocycles. The minimum absolute atomic E-state index is 0.00288. The Kier molecular flexibility index (Phi) is 3.52. The molecule has 0 bridgehead atoms. The SMILES string of the molecule is Cc1cccc(C(C(C)N)n2c(C)nc3ccccc32)c1. The highest BCUT2D eigenvalue weighted by Gasteiger charge is 2.22. The molecule has 0 amide bonds. The molecule has 2 atom stereocenters. The van der Waals surface area contributed by atoms with E-state index in [-0.39, 0.29) is 12.1 Å². The average Bonchev–Trinajstić information content (AvgIpc) is 2.76. The molecule has 3 rings (SSSR count). The number of benzene rings is 2. The van der Waals surface area contributed by atoms with Crippen LogP contribution in [0.5, 0.6) is 0 Å². The van der Waals surface area contributed by atoms with E-state index in [1.165, 1.54) is 11.1 Å². The van der Waals surface area contributed by atoms with Crippen molar-refractivity contribution < 1.29 is 0 Å². The monoisotopic (exact) mass is 279 g/mol. The van der Waals surface area contributed by atoms with Crippen LogP contribution < -0.4 is 5.73 Å². The molecule has 1 aromatic heterocycles. The van der Waals surface area contributed by atoms with E-state index in [2.05, 4.69) is 59.8 Å². The quantitative estimate of drug-likeness (QED) is 0.796. The molecule has 0 radical (unpaired) electrons. The topological polar surface area (TPSA) is 43.8 Å². The van der Waals surface area contributed by atoms with Gasteiger partial charge in [0.05, 0.1) is 17.1 Å². The summed E-state index contributed by atoms with van der Waals surface area (Å²) in [6.07, 6.45) is 0. The van der Waals surface area contributed by atoms with Crippen LogP contribution in [-0.4, -0.2) is 15.6 Å². The Morgan fingerprint density at radius 1 is 1.05 bits per heavy atom. The summed E-state index contributed by atoms with van der Waals surface area (Å²) in [6.45, 7) is 6.22. The van der Waals surface area contributed by atoms with Crippen LogP contribution in [0.15, 0.2) is 48.5 Å². The lowest BCUT2D eigenvalue weighted by Crippen LogP contribution is -2.31. The largest absolute Gasteiger partial charge is 0.326 e. The number of aryl methyl sites for hydroxylation is 2. The number of hydrogen-bond acceptors (Lipinski definition) is 2. The molecule has 0 aliphatic rings. The lowest BCUT2D eigenvalue weighted by atomic mass is 9.98. The molecular formula is C18H21N3. The van der Waals surface area contributed by atoms with Gasteiger partial charge in [0.2, 0.25) is 0 Å². The molecule has 2 N–H and O–H groups in total. The van der Waals surface area contributed by atoms with Gasteiger partial charge < -0.3 is 10.3 Å². The molecule has 0 aliphatic carbocycles. The molecular weight excluding hydrogens is 258 g/mol. The number of fused-ring (bicyclic) bond motifs is 1. The van der Waals surface area contributed by atoms with Crippen LogP contribution in [0.1, 0.15) is 29.9 Å². The first-order chi connectivity index (χ1) is 10.1. The van der Waals surface area contributed by atoms with Gasteiger partial charge in [-0.05, 0) is 38.5 Å². The Morgan fingerprint density at radius 2 is 1.81 bits per heavy atom. The minimum atomic E-state index is 0.00288. The molecule has 1 heterocycles. The molecule has 3 heteroatoms. The second-order valence-corrected chi connectivity index (χ2v) is 5.74. The zero-order chi connectivity index (χ0) is 15.0. The van der Waals surface area contributed by atoms with E-state index in [0.29, 0.717) is 0 Å². The summed E-state index contributed by atoms with van der Waals surface area (Å²) in [7, 11) is 0. The highest BCUT2D eigenvalue weighted by Crippen LogP contribution is 2.28. The first-order valence-electron chi connectivity index (χ1n) is 7.33. The smallest absolute Gasteiger partial charge is 0.107 e. The summed E-state index contributed by atoms with van der Waals surface area (Å²) < 4.78 is 2.26. The Balaban J connectivity index is 2.23. The van der Waals surface area contributed by atoms with Gasteiger partial charge in [0.25, 0.3) is 0 Å². The van der Waals surface area contributed by atoms with Crippen molar-refractivity contribution in [1.29, 1.82) is 0 Å². The maximum Gasteiger partial charge on any atom is 0.107 e. The third-order valence-corrected chi connectivity index (χ3v) is 3.93. The van der Waals surface area contributed by atoms with Gasteiger partial charge in [-0.1, -0.05) is 42.0 Å². The molecule has 0 saturated heterocycles. The van der Waals surface area contributed by atoms with Crippen molar-refractivity contribution in [3.63, 3.8) is 0 Å². The number of imidazole rings is 1.